The Morgan fingerprint density at radius 3 is 2.19 bits per heavy atom. The third-order valence-corrected chi connectivity index (χ3v) is 6.30. The highest BCUT2D eigenvalue weighted by Crippen LogP contribution is 2.40. The normalized spacial score (nSPS) is 13.2. The maximum Gasteiger partial charge on any atom is 0.305 e. The molecule has 1 aliphatic rings. The Morgan fingerprint density at radius 1 is 0.838 bits per heavy atom. The van der Waals surface area contributed by atoms with Gasteiger partial charge in [-0.05, 0) is 38.0 Å². The van der Waals surface area contributed by atoms with Crippen LogP contribution >= 0.6 is 24.8 Å². The van der Waals surface area contributed by atoms with Crippen molar-refractivity contribution in [3.8, 4) is 17.2 Å². The van der Waals surface area contributed by atoms with Crippen molar-refractivity contribution in [3.63, 3.8) is 0 Å². The van der Waals surface area contributed by atoms with Gasteiger partial charge in [0.2, 0.25) is 5.75 Å². The van der Waals surface area contributed by atoms with Gasteiger partial charge in [0.1, 0.15) is 0 Å². The number of halogens is 2. The number of carbonyl (C=O) groups is 1. The summed E-state index contributed by atoms with van der Waals surface area (Å²) in [5, 5.41) is 0. The van der Waals surface area contributed by atoms with Crippen LogP contribution in [0.25, 0.3) is 0 Å². The highest BCUT2D eigenvalue weighted by Gasteiger charge is 2.22. The first-order chi connectivity index (χ1) is 17.2. The Labute approximate surface area is 234 Å². The van der Waals surface area contributed by atoms with Gasteiger partial charge in [-0.1, -0.05) is 37.1 Å². The molecule has 2 aromatic rings. The smallest absolute Gasteiger partial charge is 0.305 e. The van der Waals surface area contributed by atoms with Crippen LogP contribution in [-0.4, -0.2) is 64.5 Å². The van der Waals surface area contributed by atoms with E-state index in [2.05, 4.69) is 46.2 Å². The Kier molecular flexibility index (Phi) is 15.9. The number of nitrogens with zero attached hydrogens (tertiary/aromatic N) is 2. The molecule has 0 aliphatic carbocycles. The highest BCUT2D eigenvalue weighted by atomic mass is 35.5. The summed E-state index contributed by atoms with van der Waals surface area (Å²) < 4.78 is 22.5. The van der Waals surface area contributed by atoms with Crippen LogP contribution in [0.1, 0.15) is 44.6 Å². The lowest BCUT2D eigenvalue weighted by Crippen LogP contribution is -2.46. The maximum atomic E-state index is 11.5. The number of hydrogen-bond donors (Lipinski definition) is 0. The number of carbonyl (C=O) groups excluding carboxylic acids is 1. The van der Waals surface area contributed by atoms with E-state index in [1.807, 2.05) is 13.0 Å². The molecule has 208 valence electrons. The second-order valence-corrected chi connectivity index (χ2v) is 8.71. The summed E-state index contributed by atoms with van der Waals surface area (Å²) in [6.07, 6.45) is 4.23. The largest absolute Gasteiger partial charge is 0.493 e. The number of benzene rings is 2. The lowest BCUT2D eigenvalue weighted by atomic mass is 10.1. The van der Waals surface area contributed by atoms with Crippen molar-refractivity contribution < 1.29 is 23.7 Å². The second kappa shape index (κ2) is 18.0. The monoisotopic (exact) mass is 556 g/mol. The van der Waals surface area contributed by atoms with Crippen LogP contribution < -0.4 is 19.1 Å². The van der Waals surface area contributed by atoms with Crippen LogP contribution in [0.3, 0.4) is 0 Å². The fourth-order valence-electron chi connectivity index (χ4n) is 4.40. The van der Waals surface area contributed by atoms with Gasteiger partial charge in [0.15, 0.2) is 11.5 Å². The van der Waals surface area contributed by atoms with E-state index in [0.717, 1.165) is 69.7 Å². The summed E-state index contributed by atoms with van der Waals surface area (Å²) in [5.41, 5.74) is 2.39. The first kappa shape index (κ1) is 32.7. The summed E-state index contributed by atoms with van der Waals surface area (Å²) in [5.74, 6) is 1.98. The van der Waals surface area contributed by atoms with E-state index in [-0.39, 0.29) is 30.8 Å². The molecule has 1 fully saturated rings. The molecule has 1 heterocycles. The molecule has 1 aliphatic heterocycles. The molecule has 37 heavy (non-hydrogen) atoms. The van der Waals surface area contributed by atoms with Gasteiger partial charge in [0.25, 0.3) is 0 Å². The molecule has 9 heteroatoms. The van der Waals surface area contributed by atoms with Gasteiger partial charge < -0.3 is 23.8 Å². The quantitative estimate of drug-likeness (QED) is 0.216. The van der Waals surface area contributed by atoms with E-state index in [0.29, 0.717) is 31.1 Å². The van der Waals surface area contributed by atoms with E-state index < -0.39 is 0 Å². The number of anilines is 1. The Hall–Kier alpha value is -2.35. The van der Waals surface area contributed by atoms with Crippen molar-refractivity contribution in [3.05, 3.63) is 48.0 Å². The Balaban J connectivity index is 0.00000342. The van der Waals surface area contributed by atoms with Crippen LogP contribution in [0.2, 0.25) is 0 Å². The topological polar surface area (TPSA) is 60.5 Å². The number of para-hydroxylation sites is 1. The average molecular weight is 558 g/mol. The van der Waals surface area contributed by atoms with Crippen molar-refractivity contribution in [2.45, 2.75) is 45.6 Å². The molecule has 0 unspecified atom stereocenters. The predicted molar refractivity (Wildman–Crippen MR) is 153 cm³/mol. The van der Waals surface area contributed by atoms with Gasteiger partial charge in [-0.25, -0.2) is 0 Å². The number of unbranched alkanes of at least 4 members (excludes halogenated alkanes) is 3. The third-order valence-electron chi connectivity index (χ3n) is 6.30. The molecule has 3 rings (SSSR count). The van der Waals surface area contributed by atoms with Crippen molar-refractivity contribution >= 4 is 36.5 Å². The molecular formula is C28H42Cl2N2O5. The summed E-state index contributed by atoms with van der Waals surface area (Å²) in [7, 11) is 3.30. The van der Waals surface area contributed by atoms with Crippen molar-refractivity contribution in [2.75, 3.05) is 58.5 Å². The maximum absolute atomic E-state index is 11.5. The number of esters is 1. The summed E-state index contributed by atoms with van der Waals surface area (Å²) in [6, 6.07) is 14.6. The summed E-state index contributed by atoms with van der Waals surface area (Å²) >= 11 is 0. The Bertz CT molecular complexity index is 909. The van der Waals surface area contributed by atoms with Gasteiger partial charge in [-0.15, -0.1) is 24.8 Å². The molecule has 0 spiro atoms. The van der Waals surface area contributed by atoms with Gasteiger partial charge in [0.05, 0.1) is 27.4 Å². The number of hydrogen-bond acceptors (Lipinski definition) is 7. The van der Waals surface area contributed by atoms with E-state index in [1.54, 1.807) is 14.2 Å². The molecule has 0 aromatic heterocycles. The summed E-state index contributed by atoms with van der Waals surface area (Å²) in [6.45, 7) is 7.65. The molecule has 0 N–H and O–H groups in total. The zero-order valence-electron chi connectivity index (χ0n) is 22.3. The van der Waals surface area contributed by atoms with Crippen molar-refractivity contribution in [1.82, 2.24) is 4.90 Å². The summed E-state index contributed by atoms with van der Waals surface area (Å²) in [4.78, 5) is 16.4. The molecule has 2 aromatic carbocycles. The molecular weight excluding hydrogens is 515 g/mol. The van der Waals surface area contributed by atoms with E-state index in [1.165, 1.54) is 5.69 Å². The fraction of sp³-hybridized carbons (Fsp3) is 0.536. The Morgan fingerprint density at radius 2 is 1.54 bits per heavy atom. The van der Waals surface area contributed by atoms with Crippen LogP contribution in [0.15, 0.2) is 42.5 Å². The fourth-order valence-corrected chi connectivity index (χ4v) is 4.40. The number of methoxy groups -OCH3 is 2. The molecule has 0 bridgehead atoms. The molecule has 0 atom stereocenters. The van der Waals surface area contributed by atoms with Crippen molar-refractivity contribution in [2.24, 2.45) is 0 Å². The average Bonchev–Trinajstić information content (AvgIpc) is 2.89. The standard InChI is InChI=1S/C28H40N2O5.2ClH/c1-4-34-26(31)14-10-5-6-11-21-35-27-23(15-16-25(32-2)28(27)33-3)22-29-17-19-30(20-18-29)24-12-8-7-9-13-24;;/h7-9,12-13,15-16H,4-6,10-11,14,17-22H2,1-3H3;2*1H. The van der Waals surface area contributed by atoms with Crippen LogP contribution in [-0.2, 0) is 16.1 Å². The number of piperazine rings is 1. The number of ether oxygens (including phenoxy) is 4. The highest BCUT2D eigenvalue weighted by molar-refractivity contribution is 5.85. The lowest BCUT2D eigenvalue weighted by molar-refractivity contribution is -0.143. The minimum Gasteiger partial charge on any atom is -0.493 e. The first-order valence-electron chi connectivity index (χ1n) is 12.7. The van der Waals surface area contributed by atoms with Gasteiger partial charge in [-0.2, -0.15) is 0 Å². The van der Waals surface area contributed by atoms with E-state index in [9.17, 15) is 4.79 Å². The SMILES string of the molecule is CCOC(=O)CCCCCCOc1c(CN2CCN(c3ccccc3)CC2)ccc(OC)c1OC.Cl.Cl. The zero-order chi connectivity index (χ0) is 24.9. The van der Waals surface area contributed by atoms with Crippen LogP contribution in [0, 0.1) is 0 Å². The molecule has 0 radical (unpaired) electrons. The molecule has 1 saturated heterocycles. The van der Waals surface area contributed by atoms with Gasteiger partial charge >= 0.3 is 5.97 Å². The second-order valence-electron chi connectivity index (χ2n) is 8.71. The van der Waals surface area contributed by atoms with Gasteiger partial charge in [-0.3, -0.25) is 9.69 Å². The third kappa shape index (κ3) is 10.1. The van der Waals surface area contributed by atoms with Crippen molar-refractivity contribution in [1.29, 1.82) is 0 Å². The lowest BCUT2D eigenvalue weighted by Gasteiger charge is -2.36. The zero-order valence-corrected chi connectivity index (χ0v) is 23.9. The molecule has 7 nitrogen and oxygen atoms in total. The van der Waals surface area contributed by atoms with E-state index in [4.69, 9.17) is 18.9 Å². The van der Waals surface area contributed by atoms with Crippen LogP contribution in [0.4, 0.5) is 5.69 Å². The van der Waals surface area contributed by atoms with E-state index >= 15 is 0 Å². The molecule has 0 amide bonds. The van der Waals surface area contributed by atoms with Crippen LogP contribution in [0.5, 0.6) is 17.2 Å². The minimum atomic E-state index is -0.112. The first-order valence-corrected chi connectivity index (χ1v) is 12.7. The predicted octanol–water partition coefficient (Wildman–Crippen LogP) is 5.76. The van der Waals surface area contributed by atoms with Gasteiger partial charge in [0, 0.05) is 50.4 Å². The minimum absolute atomic E-state index is 0. The number of rotatable bonds is 14. The molecule has 0 saturated carbocycles.